The van der Waals surface area contributed by atoms with Gasteiger partial charge in [0.25, 0.3) is 0 Å². The third-order valence-corrected chi connectivity index (χ3v) is 4.03. The molecule has 0 heterocycles. The fourth-order valence-electron chi connectivity index (χ4n) is 1.10. The molecule has 0 aromatic carbocycles. The van der Waals surface area contributed by atoms with Crippen LogP contribution in [0.1, 0.15) is 27.2 Å². The maximum atomic E-state index is 11.1. The molecule has 3 nitrogen and oxygen atoms in total. The summed E-state index contributed by atoms with van der Waals surface area (Å²) in [5.41, 5.74) is 0.460. The van der Waals surface area contributed by atoms with Crippen LogP contribution in [0.15, 0.2) is 12.2 Å². The van der Waals surface area contributed by atoms with E-state index in [9.17, 15) is 4.79 Å². The smallest absolute Gasteiger partial charge is 0.333 e. The van der Waals surface area contributed by atoms with Crippen molar-refractivity contribution >= 4 is 15.0 Å². The quantitative estimate of drug-likeness (QED) is 0.285. The lowest BCUT2D eigenvalue weighted by molar-refractivity contribution is -0.138. The number of ether oxygens (including phenoxy) is 1. The van der Waals surface area contributed by atoms with Crippen molar-refractivity contribution in [2.45, 2.75) is 39.8 Å². The number of carbonyl (C=O) groups is 1. The van der Waals surface area contributed by atoms with E-state index in [0.717, 1.165) is 19.1 Å². The molecule has 1 atom stereocenters. The van der Waals surface area contributed by atoms with E-state index >= 15 is 0 Å². The van der Waals surface area contributed by atoms with Crippen LogP contribution in [-0.2, 0) is 14.0 Å². The van der Waals surface area contributed by atoms with Crippen LogP contribution < -0.4 is 0 Å². The van der Waals surface area contributed by atoms with Crippen molar-refractivity contribution in [1.82, 2.24) is 0 Å². The molecule has 0 bridgehead atoms. The summed E-state index contributed by atoms with van der Waals surface area (Å²) in [5, 5.41) is 0. The predicted octanol–water partition coefficient (Wildman–Crippen LogP) is 2.52. The van der Waals surface area contributed by atoms with Crippen LogP contribution in [-0.4, -0.2) is 28.2 Å². The lowest BCUT2D eigenvalue weighted by Gasteiger charge is -2.13. The molecule has 0 rings (SSSR count). The minimum absolute atomic E-state index is 0.294. The van der Waals surface area contributed by atoms with E-state index in [4.69, 9.17) is 9.16 Å². The molecule has 0 fully saturated rings. The maximum absolute atomic E-state index is 11.1. The second-order valence-electron chi connectivity index (χ2n) is 4.60. The van der Waals surface area contributed by atoms with Crippen molar-refractivity contribution < 1.29 is 14.0 Å². The molecule has 0 aliphatic heterocycles. The molecule has 0 N–H and O–H groups in total. The molecule has 0 amide bonds. The molecule has 16 heavy (non-hydrogen) atoms. The highest BCUT2D eigenvalue weighted by atomic mass is 28.3. The predicted molar refractivity (Wildman–Crippen MR) is 69.0 cm³/mol. The molecule has 4 heteroatoms. The Morgan fingerprint density at radius 2 is 2.06 bits per heavy atom. The van der Waals surface area contributed by atoms with Crippen molar-refractivity contribution in [3.63, 3.8) is 0 Å². The monoisotopic (exact) mass is 244 g/mol. The van der Waals surface area contributed by atoms with Gasteiger partial charge in [-0.2, -0.15) is 0 Å². The maximum Gasteiger partial charge on any atom is 0.333 e. The summed E-state index contributed by atoms with van der Waals surface area (Å²) in [6.45, 7) is 13.0. The van der Waals surface area contributed by atoms with Gasteiger partial charge in [-0.1, -0.05) is 20.4 Å². The number of esters is 1. The molecular formula is C12H24O3Si. The molecule has 0 aliphatic rings. The van der Waals surface area contributed by atoms with Crippen molar-refractivity contribution in [2.24, 2.45) is 5.92 Å². The summed E-state index contributed by atoms with van der Waals surface area (Å²) in [6, 6.07) is 1.05. The minimum Gasteiger partial charge on any atom is -0.462 e. The van der Waals surface area contributed by atoms with Crippen LogP contribution in [0.2, 0.25) is 12.6 Å². The number of hydrogen-bond donors (Lipinski definition) is 0. The Hall–Kier alpha value is -0.613. The third-order valence-electron chi connectivity index (χ3n) is 2.05. The first-order chi connectivity index (χ1) is 7.43. The summed E-state index contributed by atoms with van der Waals surface area (Å²) in [4.78, 5) is 11.1. The molecule has 0 aromatic rings. The van der Waals surface area contributed by atoms with E-state index in [1.807, 2.05) is 0 Å². The van der Waals surface area contributed by atoms with E-state index in [1.165, 1.54) is 0 Å². The van der Waals surface area contributed by atoms with Crippen LogP contribution in [0.3, 0.4) is 0 Å². The van der Waals surface area contributed by atoms with Crippen LogP contribution in [0.5, 0.6) is 0 Å². The summed E-state index contributed by atoms with van der Waals surface area (Å²) in [7, 11) is -1.06. The van der Waals surface area contributed by atoms with Gasteiger partial charge in [0, 0.05) is 12.2 Å². The van der Waals surface area contributed by atoms with Crippen molar-refractivity contribution in [3.05, 3.63) is 12.2 Å². The van der Waals surface area contributed by atoms with Gasteiger partial charge in [0.2, 0.25) is 0 Å². The zero-order valence-corrected chi connectivity index (χ0v) is 12.1. The van der Waals surface area contributed by atoms with E-state index in [2.05, 4.69) is 27.0 Å². The molecule has 0 radical (unpaired) electrons. The number of rotatable bonds is 8. The lowest BCUT2D eigenvalue weighted by atomic mass is 10.2. The second-order valence-corrected chi connectivity index (χ2v) is 7.13. The first kappa shape index (κ1) is 15.4. The fourth-order valence-corrected chi connectivity index (χ4v) is 2.72. The van der Waals surface area contributed by atoms with Gasteiger partial charge in [-0.3, -0.25) is 0 Å². The minimum atomic E-state index is -1.06. The second kappa shape index (κ2) is 8.53. The number of hydrogen-bond acceptors (Lipinski definition) is 3. The Bertz CT molecular complexity index is 226. The highest BCUT2D eigenvalue weighted by Crippen LogP contribution is 2.03. The van der Waals surface area contributed by atoms with Crippen LogP contribution in [0, 0.1) is 5.92 Å². The zero-order valence-electron chi connectivity index (χ0n) is 10.9. The normalized spacial score (nSPS) is 12.6. The fraction of sp³-hybridized carbons (Fsp3) is 0.750. The van der Waals surface area contributed by atoms with Gasteiger partial charge in [0.1, 0.15) is 0 Å². The summed E-state index contributed by atoms with van der Waals surface area (Å²) < 4.78 is 10.7. The lowest BCUT2D eigenvalue weighted by Crippen LogP contribution is -2.17. The van der Waals surface area contributed by atoms with E-state index in [-0.39, 0.29) is 5.97 Å². The van der Waals surface area contributed by atoms with Gasteiger partial charge >= 0.3 is 5.97 Å². The van der Waals surface area contributed by atoms with Gasteiger partial charge in [-0.25, -0.2) is 4.79 Å². The molecule has 0 aliphatic carbocycles. The summed E-state index contributed by atoms with van der Waals surface area (Å²) in [6.07, 6.45) is 0.893. The largest absolute Gasteiger partial charge is 0.462 e. The third kappa shape index (κ3) is 8.68. The molecule has 94 valence electrons. The average molecular weight is 244 g/mol. The topological polar surface area (TPSA) is 35.5 Å². The van der Waals surface area contributed by atoms with E-state index in [1.54, 1.807) is 6.92 Å². The Morgan fingerprint density at radius 1 is 1.44 bits per heavy atom. The van der Waals surface area contributed by atoms with Gasteiger partial charge in [-0.05, 0) is 31.9 Å². The van der Waals surface area contributed by atoms with Crippen LogP contribution in [0.25, 0.3) is 0 Å². The van der Waals surface area contributed by atoms with Gasteiger partial charge in [0.15, 0.2) is 9.04 Å². The van der Waals surface area contributed by atoms with Crippen LogP contribution in [0.4, 0.5) is 0 Å². The standard InChI is InChI=1S/C12H24O3Si/c1-10(2)9-15-16(5)8-6-7-14-12(13)11(3)4/h10,16H,3,6-9H2,1-2,4-5H3. The van der Waals surface area contributed by atoms with Gasteiger partial charge in [-0.15, -0.1) is 0 Å². The SMILES string of the molecule is C=C(C)C(=O)OCCC[SiH](C)OCC(C)C. The van der Waals surface area contributed by atoms with E-state index in [0.29, 0.717) is 18.1 Å². The van der Waals surface area contributed by atoms with Crippen LogP contribution >= 0.6 is 0 Å². The molecule has 0 saturated carbocycles. The molecular weight excluding hydrogens is 220 g/mol. The molecule has 0 aromatic heterocycles. The Kier molecular flexibility index (Phi) is 8.20. The Morgan fingerprint density at radius 3 is 2.56 bits per heavy atom. The summed E-state index contributed by atoms with van der Waals surface area (Å²) >= 11 is 0. The van der Waals surface area contributed by atoms with Crippen molar-refractivity contribution in [2.75, 3.05) is 13.2 Å². The first-order valence-corrected chi connectivity index (χ1v) is 8.32. The highest BCUT2D eigenvalue weighted by molar-refractivity contribution is 6.50. The molecule has 0 saturated heterocycles. The number of carbonyl (C=O) groups excluding carboxylic acids is 1. The summed E-state index contributed by atoms with van der Waals surface area (Å²) in [5.74, 6) is 0.300. The zero-order chi connectivity index (χ0) is 12.6. The van der Waals surface area contributed by atoms with Crippen molar-refractivity contribution in [1.29, 1.82) is 0 Å². The molecule has 0 spiro atoms. The van der Waals surface area contributed by atoms with Crippen molar-refractivity contribution in [3.8, 4) is 0 Å². The Labute approximate surface area is 101 Å². The highest BCUT2D eigenvalue weighted by Gasteiger charge is 2.07. The van der Waals surface area contributed by atoms with Gasteiger partial charge < -0.3 is 9.16 Å². The first-order valence-electron chi connectivity index (χ1n) is 5.87. The Balaban J connectivity index is 3.44. The molecule has 1 unspecified atom stereocenters. The van der Waals surface area contributed by atoms with E-state index < -0.39 is 9.04 Å². The average Bonchev–Trinajstić information content (AvgIpc) is 2.20. The van der Waals surface area contributed by atoms with Gasteiger partial charge in [0.05, 0.1) is 6.61 Å².